The third-order valence-electron chi connectivity index (χ3n) is 2.02. The van der Waals surface area contributed by atoms with E-state index >= 15 is 0 Å². The quantitative estimate of drug-likeness (QED) is 0.782. The van der Waals surface area contributed by atoms with E-state index in [0.717, 1.165) is 22.5 Å². The molecule has 0 saturated carbocycles. The first kappa shape index (κ1) is 11.0. The number of hydrogen-bond acceptors (Lipinski definition) is 3. The van der Waals surface area contributed by atoms with Crippen LogP contribution in [0.5, 0.6) is 0 Å². The second kappa shape index (κ2) is 4.42. The molecule has 1 N–H and O–H groups in total. The van der Waals surface area contributed by atoms with E-state index in [9.17, 15) is 0 Å². The molecule has 0 radical (unpaired) electrons. The van der Waals surface area contributed by atoms with Crippen LogP contribution in [0.1, 0.15) is 18.1 Å². The van der Waals surface area contributed by atoms with E-state index in [-0.39, 0.29) is 0 Å². The van der Waals surface area contributed by atoms with E-state index in [0.29, 0.717) is 11.7 Å². The minimum absolute atomic E-state index is 0.461. The number of anilines is 1. The standard InChI is InChI=1S/C10H14ClN3/c1-6(2)5-12-10-8(4)7(3)9(11)13-14-10/h1,5H2,2-4H3,(H,12,14). The van der Waals surface area contributed by atoms with Gasteiger partial charge < -0.3 is 5.32 Å². The number of nitrogens with one attached hydrogen (secondary N) is 1. The second-order valence-corrected chi connectivity index (χ2v) is 3.76. The van der Waals surface area contributed by atoms with E-state index in [1.807, 2.05) is 20.8 Å². The third kappa shape index (κ3) is 2.45. The molecule has 0 saturated heterocycles. The lowest BCUT2D eigenvalue weighted by molar-refractivity contribution is 0.983. The van der Waals surface area contributed by atoms with Crippen LogP contribution in [0.3, 0.4) is 0 Å². The van der Waals surface area contributed by atoms with E-state index in [2.05, 4.69) is 22.1 Å². The Labute approximate surface area is 89.2 Å². The molecule has 3 nitrogen and oxygen atoms in total. The maximum atomic E-state index is 5.83. The lowest BCUT2D eigenvalue weighted by Gasteiger charge is -2.09. The van der Waals surface area contributed by atoms with Gasteiger partial charge in [-0.1, -0.05) is 23.8 Å². The highest BCUT2D eigenvalue weighted by Crippen LogP contribution is 2.20. The summed E-state index contributed by atoms with van der Waals surface area (Å²) in [5.41, 5.74) is 3.05. The number of hydrogen-bond donors (Lipinski definition) is 1. The highest BCUT2D eigenvalue weighted by atomic mass is 35.5. The van der Waals surface area contributed by atoms with Crippen molar-refractivity contribution in [3.8, 4) is 0 Å². The summed E-state index contributed by atoms with van der Waals surface area (Å²) >= 11 is 5.83. The van der Waals surface area contributed by atoms with Crippen LogP contribution < -0.4 is 5.32 Å². The molecule has 0 atom stereocenters. The maximum Gasteiger partial charge on any atom is 0.155 e. The van der Waals surface area contributed by atoms with Gasteiger partial charge in [0.2, 0.25) is 0 Å². The number of rotatable bonds is 3. The SMILES string of the molecule is C=C(C)CNc1nnc(Cl)c(C)c1C. The number of aromatic nitrogens is 2. The van der Waals surface area contributed by atoms with E-state index < -0.39 is 0 Å². The van der Waals surface area contributed by atoms with Gasteiger partial charge in [0.25, 0.3) is 0 Å². The van der Waals surface area contributed by atoms with Crippen LogP contribution in [0.2, 0.25) is 5.15 Å². The molecule has 4 heteroatoms. The molecule has 1 aromatic heterocycles. The molecule has 0 aliphatic heterocycles. The van der Waals surface area contributed by atoms with Crippen molar-refractivity contribution in [3.63, 3.8) is 0 Å². The lowest BCUT2D eigenvalue weighted by Crippen LogP contribution is -2.07. The lowest BCUT2D eigenvalue weighted by atomic mass is 10.2. The highest BCUT2D eigenvalue weighted by Gasteiger charge is 2.06. The predicted octanol–water partition coefficient (Wildman–Crippen LogP) is 2.73. The minimum Gasteiger partial charge on any atom is -0.365 e. The summed E-state index contributed by atoms with van der Waals surface area (Å²) < 4.78 is 0. The van der Waals surface area contributed by atoms with Gasteiger partial charge in [-0.05, 0) is 31.9 Å². The van der Waals surface area contributed by atoms with Gasteiger partial charge >= 0.3 is 0 Å². The first-order chi connectivity index (χ1) is 6.52. The summed E-state index contributed by atoms with van der Waals surface area (Å²) in [6.45, 7) is 10.4. The van der Waals surface area contributed by atoms with Gasteiger partial charge in [0, 0.05) is 6.54 Å². The van der Waals surface area contributed by atoms with Gasteiger partial charge in [0.1, 0.15) is 0 Å². The van der Waals surface area contributed by atoms with Crippen LogP contribution in [-0.4, -0.2) is 16.7 Å². The summed E-state index contributed by atoms with van der Waals surface area (Å²) in [4.78, 5) is 0. The van der Waals surface area contributed by atoms with Crippen LogP contribution in [0.25, 0.3) is 0 Å². The fraction of sp³-hybridized carbons (Fsp3) is 0.400. The molecule has 0 amide bonds. The average molecular weight is 212 g/mol. The van der Waals surface area contributed by atoms with Gasteiger partial charge in [-0.25, -0.2) is 0 Å². The molecule has 0 bridgehead atoms. The van der Waals surface area contributed by atoms with Crippen LogP contribution in [0.4, 0.5) is 5.82 Å². The Hall–Kier alpha value is -1.09. The fourth-order valence-corrected chi connectivity index (χ4v) is 1.16. The van der Waals surface area contributed by atoms with Crippen molar-refractivity contribution in [2.45, 2.75) is 20.8 Å². The molecule has 0 unspecified atom stereocenters. The van der Waals surface area contributed by atoms with Crippen molar-refractivity contribution in [1.82, 2.24) is 10.2 Å². The summed E-state index contributed by atoms with van der Waals surface area (Å²) in [5.74, 6) is 0.773. The van der Waals surface area contributed by atoms with E-state index in [1.54, 1.807) is 0 Å². The molecule has 0 aliphatic carbocycles. The van der Waals surface area contributed by atoms with Crippen LogP contribution in [0, 0.1) is 13.8 Å². The molecule has 1 rings (SSSR count). The van der Waals surface area contributed by atoms with Crippen molar-refractivity contribution in [2.75, 3.05) is 11.9 Å². The fourth-order valence-electron chi connectivity index (χ4n) is 0.979. The molecule has 14 heavy (non-hydrogen) atoms. The van der Waals surface area contributed by atoms with Gasteiger partial charge in [-0.3, -0.25) is 0 Å². The third-order valence-corrected chi connectivity index (χ3v) is 2.38. The second-order valence-electron chi connectivity index (χ2n) is 3.40. The van der Waals surface area contributed by atoms with Crippen LogP contribution in [-0.2, 0) is 0 Å². The molecule has 0 aromatic carbocycles. The van der Waals surface area contributed by atoms with Gasteiger partial charge in [-0.2, -0.15) is 0 Å². The summed E-state index contributed by atoms with van der Waals surface area (Å²) in [6, 6.07) is 0. The average Bonchev–Trinajstić information content (AvgIpc) is 2.13. The van der Waals surface area contributed by atoms with Crippen molar-refractivity contribution in [2.24, 2.45) is 0 Å². The zero-order chi connectivity index (χ0) is 10.7. The smallest absolute Gasteiger partial charge is 0.155 e. The Morgan fingerprint density at radius 1 is 1.36 bits per heavy atom. The van der Waals surface area contributed by atoms with Crippen LogP contribution in [0.15, 0.2) is 12.2 Å². The summed E-state index contributed by atoms with van der Waals surface area (Å²) in [6.07, 6.45) is 0. The Kier molecular flexibility index (Phi) is 3.47. The predicted molar refractivity (Wildman–Crippen MR) is 59.8 cm³/mol. The van der Waals surface area contributed by atoms with Crippen molar-refractivity contribution < 1.29 is 0 Å². The Morgan fingerprint density at radius 3 is 2.57 bits per heavy atom. The maximum absolute atomic E-state index is 5.83. The Balaban J connectivity index is 2.88. The van der Waals surface area contributed by atoms with Crippen LogP contribution >= 0.6 is 11.6 Å². The molecule has 0 aliphatic rings. The van der Waals surface area contributed by atoms with E-state index in [4.69, 9.17) is 11.6 Å². The van der Waals surface area contributed by atoms with Crippen molar-refractivity contribution >= 4 is 17.4 Å². The van der Waals surface area contributed by atoms with Crippen molar-refractivity contribution in [1.29, 1.82) is 0 Å². The first-order valence-electron chi connectivity index (χ1n) is 4.40. The topological polar surface area (TPSA) is 37.8 Å². The van der Waals surface area contributed by atoms with Crippen molar-refractivity contribution in [3.05, 3.63) is 28.4 Å². The largest absolute Gasteiger partial charge is 0.365 e. The molecule has 0 spiro atoms. The zero-order valence-electron chi connectivity index (χ0n) is 8.69. The Morgan fingerprint density at radius 2 is 2.00 bits per heavy atom. The normalized spacial score (nSPS) is 10.0. The molecule has 0 fully saturated rings. The van der Waals surface area contributed by atoms with Gasteiger partial charge in [-0.15, -0.1) is 10.2 Å². The zero-order valence-corrected chi connectivity index (χ0v) is 9.44. The Bertz CT molecular complexity index is 361. The summed E-state index contributed by atoms with van der Waals surface area (Å²) in [5, 5.41) is 11.4. The molecule has 1 aromatic rings. The summed E-state index contributed by atoms with van der Waals surface area (Å²) in [7, 11) is 0. The number of nitrogens with zero attached hydrogens (tertiary/aromatic N) is 2. The first-order valence-corrected chi connectivity index (χ1v) is 4.77. The molecule has 1 heterocycles. The molecular weight excluding hydrogens is 198 g/mol. The highest BCUT2D eigenvalue weighted by molar-refractivity contribution is 6.30. The molecule has 76 valence electrons. The van der Waals surface area contributed by atoms with E-state index in [1.165, 1.54) is 0 Å². The number of halogens is 1. The van der Waals surface area contributed by atoms with Gasteiger partial charge in [0.05, 0.1) is 0 Å². The molecular formula is C10H14ClN3. The monoisotopic (exact) mass is 211 g/mol. The minimum atomic E-state index is 0.461. The van der Waals surface area contributed by atoms with Gasteiger partial charge in [0.15, 0.2) is 11.0 Å².